The van der Waals surface area contributed by atoms with Crippen LogP contribution in [0.3, 0.4) is 0 Å². The van der Waals surface area contributed by atoms with E-state index in [-0.39, 0.29) is 0 Å². The molecule has 0 saturated heterocycles. The Hall–Kier alpha value is -5.50. The van der Waals surface area contributed by atoms with E-state index in [2.05, 4.69) is 23.8 Å². The second kappa shape index (κ2) is 14.9. The molecule has 43 heavy (non-hydrogen) atoms. The molecule has 4 rings (SSSR count). The third kappa shape index (κ3) is 8.74. The van der Waals surface area contributed by atoms with Gasteiger partial charge in [-0.1, -0.05) is 48.6 Å². The largest absolute Gasteiger partial charge is 0.493 e. The monoisotopic (exact) mass is 578 g/mol. The lowest BCUT2D eigenvalue weighted by Crippen LogP contribution is -2.17. The van der Waals surface area contributed by atoms with Gasteiger partial charge in [-0.25, -0.2) is 9.59 Å². The minimum atomic E-state index is -0.618. The Labute approximate surface area is 251 Å². The quantitative estimate of drug-likeness (QED) is 0.166. The molecule has 8 nitrogen and oxygen atoms in total. The maximum atomic E-state index is 12.5. The molecule has 4 aromatic carbocycles. The summed E-state index contributed by atoms with van der Waals surface area (Å²) in [4.78, 5) is 24.9. The van der Waals surface area contributed by atoms with Crippen molar-refractivity contribution in [2.45, 2.75) is 19.3 Å². The average molecular weight is 579 g/mol. The van der Waals surface area contributed by atoms with E-state index in [4.69, 9.17) is 18.9 Å². The number of nitrogens with one attached hydrogen (secondary N) is 2. The van der Waals surface area contributed by atoms with Gasteiger partial charge in [-0.2, -0.15) is 0 Å². The van der Waals surface area contributed by atoms with Gasteiger partial charge < -0.3 is 18.9 Å². The minimum absolute atomic E-state index is 0.327. The molecule has 2 N–H and O–H groups in total. The van der Waals surface area contributed by atoms with Crippen LogP contribution in [0.1, 0.15) is 22.3 Å². The summed E-state index contributed by atoms with van der Waals surface area (Å²) in [5, 5.41) is 5.47. The van der Waals surface area contributed by atoms with Crippen LogP contribution in [0.2, 0.25) is 0 Å². The van der Waals surface area contributed by atoms with Crippen molar-refractivity contribution in [2.75, 3.05) is 24.9 Å². The van der Waals surface area contributed by atoms with Gasteiger partial charge in [0.25, 0.3) is 0 Å². The number of anilines is 2. The molecule has 2 amide bonds. The molecule has 0 spiro atoms. The van der Waals surface area contributed by atoms with E-state index in [1.54, 1.807) is 24.3 Å². The van der Waals surface area contributed by atoms with Gasteiger partial charge in [0, 0.05) is 11.4 Å². The van der Waals surface area contributed by atoms with Crippen molar-refractivity contribution < 1.29 is 28.5 Å². The number of hydrogen-bond acceptors (Lipinski definition) is 6. The molecule has 4 aromatic rings. The van der Waals surface area contributed by atoms with Gasteiger partial charge in [-0.3, -0.25) is 10.6 Å². The highest BCUT2D eigenvalue weighted by atomic mass is 16.6. The normalized spacial score (nSPS) is 10.3. The summed E-state index contributed by atoms with van der Waals surface area (Å²) >= 11 is 0. The Morgan fingerprint density at radius 3 is 1.30 bits per heavy atom. The van der Waals surface area contributed by atoms with E-state index in [0.717, 1.165) is 22.3 Å². The summed E-state index contributed by atoms with van der Waals surface area (Å²) in [5.41, 5.74) is 5.30. The zero-order valence-electron chi connectivity index (χ0n) is 24.2. The number of carbonyl (C=O) groups excluding carboxylic acids is 2. The summed E-state index contributed by atoms with van der Waals surface area (Å²) < 4.78 is 21.6. The molecule has 0 saturated carbocycles. The zero-order valence-corrected chi connectivity index (χ0v) is 24.2. The van der Waals surface area contributed by atoms with Crippen molar-refractivity contribution in [3.8, 4) is 23.0 Å². The highest BCUT2D eigenvalue weighted by Crippen LogP contribution is 2.30. The van der Waals surface area contributed by atoms with E-state index < -0.39 is 12.2 Å². The third-order valence-corrected chi connectivity index (χ3v) is 6.43. The number of allylic oxidation sites excluding steroid dienone is 2. The third-order valence-electron chi connectivity index (χ3n) is 6.43. The fraction of sp³-hybridized carbons (Fsp3) is 0.143. The minimum Gasteiger partial charge on any atom is -0.493 e. The maximum Gasteiger partial charge on any atom is 0.417 e. The topological polar surface area (TPSA) is 95.1 Å². The van der Waals surface area contributed by atoms with Gasteiger partial charge in [0.1, 0.15) is 0 Å². The van der Waals surface area contributed by atoms with E-state index in [9.17, 15) is 9.59 Å². The van der Waals surface area contributed by atoms with Crippen molar-refractivity contribution in [1.82, 2.24) is 0 Å². The van der Waals surface area contributed by atoms with E-state index in [0.29, 0.717) is 53.6 Å². The molecule has 0 bridgehead atoms. The number of amides is 2. The van der Waals surface area contributed by atoms with Gasteiger partial charge in [-0.15, -0.1) is 13.2 Å². The standard InChI is InChI=1S/C35H34N2O6/c1-5-7-24-13-19-30(32(22-24)40-3)42-34(38)36-28-15-9-26(10-16-28)21-27-11-17-29(18-12-27)37-35(39)43-31-20-14-25(8-6-2)23-33(31)41-4/h5-6,9-20,22-23H,1-2,7-8,21H2,3-4H3,(H,36,38)(H,37,39). The summed E-state index contributed by atoms with van der Waals surface area (Å²) in [6.07, 6.45) is 4.39. The fourth-order valence-corrected chi connectivity index (χ4v) is 4.31. The first-order valence-electron chi connectivity index (χ1n) is 13.6. The molecule has 220 valence electrons. The lowest BCUT2D eigenvalue weighted by molar-refractivity contribution is 0.212. The number of benzene rings is 4. The number of methoxy groups -OCH3 is 2. The highest BCUT2D eigenvalue weighted by molar-refractivity contribution is 5.87. The highest BCUT2D eigenvalue weighted by Gasteiger charge is 2.13. The van der Waals surface area contributed by atoms with Crippen LogP contribution in [0.25, 0.3) is 0 Å². The van der Waals surface area contributed by atoms with Crippen molar-refractivity contribution >= 4 is 23.6 Å². The van der Waals surface area contributed by atoms with Crippen LogP contribution in [-0.2, 0) is 19.3 Å². The van der Waals surface area contributed by atoms with Crippen molar-refractivity contribution in [3.63, 3.8) is 0 Å². The molecule has 0 unspecified atom stereocenters. The van der Waals surface area contributed by atoms with Crippen LogP contribution in [0.15, 0.2) is 110 Å². The Bertz CT molecular complexity index is 1460. The van der Waals surface area contributed by atoms with Crippen LogP contribution < -0.4 is 29.6 Å². The lowest BCUT2D eigenvalue weighted by atomic mass is 10.0. The van der Waals surface area contributed by atoms with Gasteiger partial charge in [0.05, 0.1) is 14.2 Å². The number of rotatable bonds is 12. The Balaban J connectivity index is 1.28. The first-order valence-corrected chi connectivity index (χ1v) is 13.6. The Kier molecular flexibility index (Phi) is 10.6. The van der Waals surface area contributed by atoms with E-state index >= 15 is 0 Å². The SMILES string of the molecule is C=CCc1ccc(OC(=O)Nc2ccc(Cc3ccc(NC(=O)Oc4ccc(CC=C)cc4OC)cc3)cc2)c(OC)c1. The second-order valence-corrected chi connectivity index (χ2v) is 9.56. The summed E-state index contributed by atoms with van der Waals surface area (Å²) in [7, 11) is 3.05. The maximum absolute atomic E-state index is 12.5. The van der Waals surface area contributed by atoms with Gasteiger partial charge >= 0.3 is 12.2 Å². The Morgan fingerprint density at radius 1 is 0.581 bits per heavy atom. The second-order valence-electron chi connectivity index (χ2n) is 9.56. The van der Waals surface area contributed by atoms with Crippen LogP contribution in [0.4, 0.5) is 21.0 Å². The summed E-state index contributed by atoms with van der Waals surface area (Å²) in [5.74, 6) is 1.59. The lowest BCUT2D eigenvalue weighted by Gasteiger charge is -2.12. The number of ether oxygens (including phenoxy) is 4. The number of carbonyl (C=O) groups is 2. The molecular formula is C35H34N2O6. The molecule has 0 aliphatic heterocycles. The van der Waals surface area contributed by atoms with Crippen LogP contribution in [-0.4, -0.2) is 26.4 Å². The van der Waals surface area contributed by atoms with Gasteiger partial charge in [-0.05, 0) is 90.0 Å². The van der Waals surface area contributed by atoms with Crippen molar-refractivity contribution in [2.24, 2.45) is 0 Å². The van der Waals surface area contributed by atoms with Crippen LogP contribution >= 0.6 is 0 Å². The molecular weight excluding hydrogens is 544 g/mol. The van der Waals surface area contributed by atoms with Gasteiger partial charge in [0.2, 0.25) is 0 Å². The fourth-order valence-electron chi connectivity index (χ4n) is 4.31. The van der Waals surface area contributed by atoms with E-state index in [1.807, 2.05) is 72.8 Å². The molecule has 0 heterocycles. The van der Waals surface area contributed by atoms with Crippen molar-refractivity contribution in [3.05, 3.63) is 132 Å². The summed E-state index contributed by atoms with van der Waals surface area (Å²) in [6.45, 7) is 7.47. The van der Waals surface area contributed by atoms with Crippen LogP contribution in [0.5, 0.6) is 23.0 Å². The van der Waals surface area contributed by atoms with Gasteiger partial charge in [0.15, 0.2) is 23.0 Å². The first kappa shape index (κ1) is 30.5. The molecule has 0 aliphatic carbocycles. The molecule has 8 heteroatoms. The predicted molar refractivity (Wildman–Crippen MR) is 169 cm³/mol. The molecule has 0 aromatic heterocycles. The summed E-state index contributed by atoms with van der Waals surface area (Å²) in [6, 6.07) is 25.7. The first-order chi connectivity index (χ1) is 20.9. The van der Waals surface area contributed by atoms with Crippen molar-refractivity contribution in [1.29, 1.82) is 0 Å². The number of hydrogen-bond donors (Lipinski definition) is 2. The molecule has 0 aliphatic rings. The smallest absolute Gasteiger partial charge is 0.417 e. The molecule has 0 radical (unpaired) electrons. The predicted octanol–water partition coefficient (Wildman–Crippen LogP) is 7.97. The van der Waals surface area contributed by atoms with Crippen LogP contribution in [0, 0.1) is 0 Å². The van der Waals surface area contributed by atoms with E-state index in [1.165, 1.54) is 14.2 Å². The Morgan fingerprint density at radius 2 is 0.953 bits per heavy atom. The zero-order chi connectivity index (χ0) is 30.6. The average Bonchev–Trinajstić information content (AvgIpc) is 3.01. The molecule has 0 fully saturated rings. The molecule has 0 atom stereocenters.